The van der Waals surface area contributed by atoms with Crippen molar-refractivity contribution < 1.29 is 19.0 Å². The first-order chi connectivity index (χ1) is 10.1. The summed E-state index contributed by atoms with van der Waals surface area (Å²) in [6.07, 6.45) is 1.18. The van der Waals surface area contributed by atoms with Gasteiger partial charge in [-0.25, -0.2) is 4.39 Å². The van der Waals surface area contributed by atoms with Gasteiger partial charge in [0.2, 0.25) is 0 Å². The van der Waals surface area contributed by atoms with E-state index in [9.17, 15) is 4.39 Å². The van der Waals surface area contributed by atoms with E-state index in [-0.39, 0.29) is 5.02 Å². The summed E-state index contributed by atoms with van der Waals surface area (Å²) in [5.74, 6) is 1.23. The lowest BCUT2D eigenvalue weighted by Gasteiger charge is -2.05. The van der Waals surface area contributed by atoms with Crippen LogP contribution in [-0.4, -0.2) is 27.2 Å². The van der Waals surface area contributed by atoms with Gasteiger partial charge in [-0.2, -0.15) is 0 Å². The smallest absolute Gasteiger partial charge is 0.158 e. The molecule has 0 unspecified atom stereocenters. The van der Waals surface area contributed by atoms with E-state index in [1.165, 1.54) is 23.9 Å². The number of furan rings is 1. The molecule has 0 atom stereocenters. The molecular weight excluding hydrogens is 291 g/mol. The fourth-order valence-electron chi connectivity index (χ4n) is 2.14. The molecule has 0 aliphatic heterocycles. The van der Waals surface area contributed by atoms with E-state index < -0.39 is 5.82 Å². The van der Waals surface area contributed by atoms with Crippen LogP contribution in [0.1, 0.15) is 12.2 Å². The van der Waals surface area contributed by atoms with Crippen LogP contribution < -0.4 is 10.2 Å². The van der Waals surface area contributed by atoms with E-state index in [1.807, 2.05) is 12.1 Å². The van der Waals surface area contributed by atoms with Crippen LogP contribution in [0.15, 0.2) is 34.7 Å². The van der Waals surface area contributed by atoms with Crippen LogP contribution in [0.3, 0.4) is 0 Å². The first kappa shape index (κ1) is 16.0. The number of quaternary nitrogens is 2. The molecule has 1 heterocycles. The van der Waals surface area contributed by atoms with Crippen molar-refractivity contribution in [1.82, 2.24) is 0 Å². The summed E-state index contributed by atoms with van der Waals surface area (Å²) >= 11 is 5.79. The summed E-state index contributed by atoms with van der Waals surface area (Å²) in [5.41, 5.74) is 0.795. The van der Waals surface area contributed by atoms with Gasteiger partial charge in [0.25, 0.3) is 0 Å². The molecule has 1 aromatic carbocycles. The zero-order valence-corrected chi connectivity index (χ0v) is 13.2. The summed E-state index contributed by atoms with van der Waals surface area (Å²) < 4.78 is 18.9. The van der Waals surface area contributed by atoms with Crippen molar-refractivity contribution in [3.63, 3.8) is 0 Å². The molecule has 0 bridgehead atoms. The van der Waals surface area contributed by atoms with Crippen molar-refractivity contribution in [1.29, 1.82) is 0 Å². The Hall–Kier alpha value is -1.36. The van der Waals surface area contributed by atoms with E-state index in [1.54, 1.807) is 12.1 Å². The van der Waals surface area contributed by atoms with E-state index in [4.69, 9.17) is 16.0 Å². The van der Waals surface area contributed by atoms with E-state index in [0.717, 1.165) is 30.2 Å². The molecule has 5 heteroatoms. The van der Waals surface area contributed by atoms with Gasteiger partial charge < -0.3 is 14.6 Å². The highest BCUT2D eigenvalue weighted by molar-refractivity contribution is 6.31. The topological polar surface area (TPSA) is 34.2 Å². The Balaban J connectivity index is 1.87. The van der Waals surface area contributed by atoms with E-state index in [0.29, 0.717) is 0 Å². The molecule has 0 saturated heterocycles. The van der Waals surface area contributed by atoms with Crippen molar-refractivity contribution >= 4 is 11.6 Å². The molecule has 0 saturated carbocycles. The zero-order chi connectivity index (χ0) is 15.2. The Morgan fingerprint density at radius 1 is 1.24 bits per heavy atom. The lowest BCUT2D eigenvalue weighted by atomic mass is 10.2. The molecule has 3 N–H and O–H groups in total. The van der Waals surface area contributed by atoms with Crippen molar-refractivity contribution in [2.24, 2.45) is 0 Å². The van der Waals surface area contributed by atoms with Gasteiger partial charge in [-0.05, 0) is 30.3 Å². The Kier molecular flexibility index (Phi) is 5.79. The van der Waals surface area contributed by atoms with Crippen molar-refractivity contribution in [2.45, 2.75) is 13.0 Å². The molecule has 2 rings (SSSR count). The van der Waals surface area contributed by atoms with Crippen LogP contribution in [0.25, 0.3) is 11.3 Å². The van der Waals surface area contributed by atoms with Gasteiger partial charge in [0.15, 0.2) is 5.76 Å². The summed E-state index contributed by atoms with van der Waals surface area (Å²) in [4.78, 5) is 1.47. The van der Waals surface area contributed by atoms with Gasteiger partial charge in [0.05, 0.1) is 32.2 Å². The third-order valence-corrected chi connectivity index (χ3v) is 3.59. The average molecular weight is 313 g/mol. The van der Waals surface area contributed by atoms with Crippen molar-refractivity contribution in [3.8, 4) is 11.3 Å². The highest BCUT2D eigenvalue weighted by Gasteiger charge is 2.08. The maximum Gasteiger partial charge on any atom is 0.158 e. The number of halogens is 2. The molecule has 0 spiro atoms. The third-order valence-electron chi connectivity index (χ3n) is 3.30. The second-order valence-corrected chi connectivity index (χ2v) is 5.89. The molecule has 0 radical (unpaired) electrons. The van der Waals surface area contributed by atoms with Gasteiger partial charge in [0.1, 0.15) is 18.1 Å². The molecule has 21 heavy (non-hydrogen) atoms. The number of hydrogen-bond acceptors (Lipinski definition) is 1. The first-order valence-electron chi connectivity index (χ1n) is 7.21. The van der Waals surface area contributed by atoms with Crippen molar-refractivity contribution in [2.75, 3.05) is 27.2 Å². The van der Waals surface area contributed by atoms with Gasteiger partial charge in [0, 0.05) is 12.0 Å². The number of rotatable bonds is 7. The number of benzene rings is 1. The van der Waals surface area contributed by atoms with Gasteiger partial charge in [-0.1, -0.05) is 11.6 Å². The molecule has 0 aliphatic rings. The highest BCUT2D eigenvalue weighted by Crippen LogP contribution is 2.26. The standard InChI is InChI=1S/C16H20ClFN2O/c1-20(2)9-3-8-19-11-13-5-7-16(21-13)12-4-6-15(18)14(17)10-12/h4-7,10,19H,3,8-9,11H2,1-2H3/p+2. The zero-order valence-electron chi connectivity index (χ0n) is 12.5. The third kappa shape index (κ3) is 4.84. The number of nitrogens with one attached hydrogen (secondary N) is 1. The quantitative estimate of drug-likeness (QED) is 0.743. The Morgan fingerprint density at radius 2 is 2.05 bits per heavy atom. The molecule has 0 aliphatic carbocycles. The molecule has 1 aromatic heterocycles. The first-order valence-corrected chi connectivity index (χ1v) is 7.59. The lowest BCUT2D eigenvalue weighted by Crippen LogP contribution is -3.06. The molecular formula is C16H22ClFN2O+2. The summed E-state index contributed by atoms with van der Waals surface area (Å²) in [7, 11) is 4.32. The van der Waals surface area contributed by atoms with Gasteiger partial charge in [-0.15, -0.1) is 0 Å². The molecule has 2 aromatic rings. The monoisotopic (exact) mass is 312 g/mol. The molecule has 114 valence electrons. The largest absolute Gasteiger partial charge is 0.455 e. The van der Waals surface area contributed by atoms with Crippen LogP contribution in [0.5, 0.6) is 0 Å². The minimum atomic E-state index is -0.413. The minimum absolute atomic E-state index is 0.114. The van der Waals surface area contributed by atoms with Gasteiger partial charge >= 0.3 is 0 Å². The summed E-state index contributed by atoms with van der Waals surface area (Å²) in [6, 6.07) is 8.48. The SMILES string of the molecule is C[NH+](C)CCC[NH2+]Cc1ccc(-c2ccc(F)c(Cl)c2)o1. The summed E-state index contributed by atoms with van der Waals surface area (Å²) in [6.45, 7) is 3.08. The maximum atomic E-state index is 13.1. The number of nitrogens with two attached hydrogens (primary N) is 1. The molecule has 0 amide bonds. The van der Waals surface area contributed by atoms with Gasteiger partial charge in [-0.3, -0.25) is 0 Å². The lowest BCUT2D eigenvalue weighted by molar-refractivity contribution is -0.860. The highest BCUT2D eigenvalue weighted by atomic mass is 35.5. The van der Waals surface area contributed by atoms with E-state index >= 15 is 0 Å². The molecule has 3 nitrogen and oxygen atoms in total. The van der Waals surface area contributed by atoms with Crippen LogP contribution in [0, 0.1) is 5.82 Å². The second kappa shape index (κ2) is 7.59. The van der Waals surface area contributed by atoms with E-state index in [2.05, 4.69) is 19.4 Å². The summed E-state index contributed by atoms with van der Waals surface area (Å²) in [5, 5.41) is 2.35. The fourth-order valence-corrected chi connectivity index (χ4v) is 2.32. The molecule has 0 fully saturated rings. The number of hydrogen-bond donors (Lipinski definition) is 2. The minimum Gasteiger partial charge on any atom is -0.455 e. The Morgan fingerprint density at radius 3 is 2.76 bits per heavy atom. The average Bonchev–Trinajstić information content (AvgIpc) is 2.90. The van der Waals surface area contributed by atoms with Crippen LogP contribution in [0.4, 0.5) is 4.39 Å². The fraction of sp³-hybridized carbons (Fsp3) is 0.375. The Labute approximate surface area is 129 Å². The van der Waals surface area contributed by atoms with Crippen LogP contribution in [0.2, 0.25) is 5.02 Å². The predicted octanol–water partition coefficient (Wildman–Crippen LogP) is 1.34. The Bertz CT molecular complexity index is 583. The van der Waals surface area contributed by atoms with Crippen molar-refractivity contribution in [3.05, 3.63) is 46.9 Å². The van der Waals surface area contributed by atoms with Crippen LogP contribution in [-0.2, 0) is 6.54 Å². The predicted molar refractivity (Wildman–Crippen MR) is 81.9 cm³/mol. The van der Waals surface area contributed by atoms with Crippen LogP contribution >= 0.6 is 11.6 Å². The second-order valence-electron chi connectivity index (χ2n) is 5.49. The normalized spacial score (nSPS) is 11.3. The maximum absolute atomic E-state index is 13.1.